The van der Waals surface area contributed by atoms with E-state index in [-0.39, 0.29) is 5.56 Å². The third-order valence-electron chi connectivity index (χ3n) is 2.98. The number of nitrogens with zero attached hydrogens (tertiary/aromatic N) is 2. The highest BCUT2D eigenvalue weighted by Gasteiger charge is 2.25. The lowest BCUT2D eigenvalue weighted by molar-refractivity contribution is -0.142. The summed E-state index contributed by atoms with van der Waals surface area (Å²) >= 11 is 0. The highest BCUT2D eigenvalue weighted by atomic mass is 16.4. The van der Waals surface area contributed by atoms with Gasteiger partial charge in [0.1, 0.15) is 5.82 Å². The standard InChI is InChI=1S/C11H14N2O3/c1-2-8-6-10(14)13-4-3-7(11(15)16)5-9(13)12-8/h6-7H,2-5H2,1H3,(H,15,16). The number of carbonyl (C=O) groups is 1. The Morgan fingerprint density at radius 3 is 3.06 bits per heavy atom. The molecule has 0 radical (unpaired) electrons. The minimum Gasteiger partial charge on any atom is -0.481 e. The van der Waals surface area contributed by atoms with Gasteiger partial charge in [-0.25, -0.2) is 4.98 Å². The summed E-state index contributed by atoms with van der Waals surface area (Å²) in [7, 11) is 0. The summed E-state index contributed by atoms with van der Waals surface area (Å²) in [6.07, 6.45) is 1.56. The number of hydrogen-bond donors (Lipinski definition) is 1. The van der Waals surface area contributed by atoms with Gasteiger partial charge in [0.25, 0.3) is 5.56 Å². The number of fused-ring (bicyclic) bond motifs is 1. The Kier molecular flexibility index (Phi) is 2.77. The zero-order valence-corrected chi connectivity index (χ0v) is 9.14. The number of hydrogen-bond acceptors (Lipinski definition) is 3. The Labute approximate surface area is 92.7 Å². The molecule has 0 saturated carbocycles. The maximum atomic E-state index is 11.7. The van der Waals surface area contributed by atoms with E-state index in [0.717, 1.165) is 5.69 Å². The van der Waals surface area contributed by atoms with Crippen LogP contribution in [0.2, 0.25) is 0 Å². The summed E-state index contributed by atoms with van der Waals surface area (Å²) < 4.78 is 1.58. The van der Waals surface area contributed by atoms with Crippen LogP contribution in [0.15, 0.2) is 10.9 Å². The molecule has 1 aliphatic rings. The third kappa shape index (κ3) is 1.85. The highest BCUT2D eigenvalue weighted by molar-refractivity contribution is 5.70. The molecule has 1 aromatic rings. The van der Waals surface area contributed by atoms with Gasteiger partial charge in [-0.05, 0) is 12.8 Å². The van der Waals surface area contributed by atoms with Crippen LogP contribution in [0.25, 0.3) is 0 Å². The van der Waals surface area contributed by atoms with Crippen molar-refractivity contribution >= 4 is 5.97 Å². The van der Waals surface area contributed by atoms with Crippen LogP contribution in [0.4, 0.5) is 0 Å². The topological polar surface area (TPSA) is 72.2 Å². The second-order valence-corrected chi connectivity index (χ2v) is 4.04. The van der Waals surface area contributed by atoms with E-state index in [0.29, 0.717) is 31.6 Å². The van der Waals surface area contributed by atoms with Crippen LogP contribution in [0.5, 0.6) is 0 Å². The molecule has 0 aliphatic carbocycles. The van der Waals surface area contributed by atoms with Gasteiger partial charge < -0.3 is 5.11 Å². The molecule has 16 heavy (non-hydrogen) atoms. The van der Waals surface area contributed by atoms with Gasteiger partial charge in [0, 0.05) is 24.7 Å². The first-order valence-corrected chi connectivity index (χ1v) is 5.44. The maximum Gasteiger partial charge on any atom is 0.307 e. The fourth-order valence-corrected chi connectivity index (χ4v) is 2.00. The van der Waals surface area contributed by atoms with E-state index >= 15 is 0 Å². The van der Waals surface area contributed by atoms with Crippen molar-refractivity contribution in [2.24, 2.45) is 5.92 Å². The lowest BCUT2D eigenvalue weighted by Crippen LogP contribution is -2.34. The number of carboxylic acids is 1. The van der Waals surface area contributed by atoms with Crippen LogP contribution in [-0.4, -0.2) is 20.6 Å². The summed E-state index contributed by atoms with van der Waals surface area (Å²) in [5.41, 5.74) is 0.674. The molecule has 5 nitrogen and oxygen atoms in total. The predicted molar refractivity (Wildman–Crippen MR) is 57.3 cm³/mol. The third-order valence-corrected chi connectivity index (χ3v) is 2.98. The van der Waals surface area contributed by atoms with Crippen molar-refractivity contribution in [2.75, 3.05) is 0 Å². The van der Waals surface area contributed by atoms with Crippen molar-refractivity contribution in [2.45, 2.75) is 32.7 Å². The van der Waals surface area contributed by atoms with Crippen LogP contribution in [0.3, 0.4) is 0 Å². The Hall–Kier alpha value is -1.65. The second-order valence-electron chi connectivity index (χ2n) is 4.04. The van der Waals surface area contributed by atoms with Crippen LogP contribution in [-0.2, 0) is 24.2 Å². The van der Waals surface area contributed by atoms with Crippen molar-refractivity contribution in [3.63, 3.8) is 0 Å². The Morgan fingerprint density at radius 2 is 2.44 bits per heavy atom. The number of aromatic nitrogens is 2. The van der Waals surface area contributed by atoms with E-state index < -0.39 is 11.9 Å². The quantitative estimate of drug-likeness (QED) is 0.788. The molecule has 0 spiro atoms. The SMILES string of the molecule is CCc1cc(=O)n2c(n1)CC(C(=O)O)CC2. The fourth-order valence-electron chi connectivity index (χ4n) is 2.00. The molecule has 2 rings (SSSR count). The number of rotatable bonds is 2. The van der Waals surface area contributed by atoms with E-state index in [1.165, 1.54) is 6.07 Å². The predicted octanol–water partition coefficient (Wildman–Crippen LogP) is 0.453. The highest BCUT2D eigenvalue weighted by Crippen LogP contribution is 2.17. The summed E-state index contributed by atoms with van der Waals surface area (Å²) in [6.45, 7) is 2.39. The van der Waals surface area contributed by atoms with Crippen molar-refractivity contribution in [1.29, 1.82) is 0 Å². The molecule has 86 valence electrons. The smallest absolute Gasteiger partial charge is 0.307 e. The molecular formula is C11H14N2O3. The molecule has 0 aromatic carbocycles. The molecule has 2 heterocycles. The summed E-state index contributed by atoms with van der Waals surface area (Å²) in [5, 5.41) is 8.94. The van der Waals surface area contributed by atoms with Crippen molar-refractivity contribution < 1.29 is 9.90 Å². The van der Waals surface area contributed by atoms with E-state index in [1.54, 1.807) is 4.57 Å². The van der Waals surface area contributed by atoms with Crippen LogP contribution < -0.4 is 5.56 Å². The van der Waals surface area contributed by atoms with Gasteiger partial charge in [-0.2, -0.15) is 0 Å². The molecule has 1 aromatic heterocycles. The monoisotopic (exact) mass is 222 g/mol. The zero-order valence-electron chi connectivity index (χ0n) is 9.14. The van der Waals surface area contributed by atoms with Crippen LogP contribution >= 0.6 is 0 Å². The fraction of sp³-hybridized carbons (Fsp3) is 0.545. The van der Waals surface area contributed by atoms with E-state index in [2.05, 4.69) is 4.98 Å². The first-order valence-electron chi connectivity index (χ1n) is 5.44. The first-order chi connectivity index (χ1) is 7.61. The molecule has 5 heteroatoms. The van der Waals surface area contributed by atoms with Crippen molar-refractivity contribution in [3.05, 3.63) is 27.9 Å². The van der Waals surface area contributed by atoms with Gasteiger partial charge in [0.2, 0.25) is 0 Å². The minimum atomic E-state index is -0.803. The maximum absolute atomic E-state index is 11.7. The lowest BCUT2D eigenvalue weighted by Gasteiger charge is -2.22. The van der Waals surface area contributed by atoms with Gasteiger partial charge in [0.05, 0.1) is 5.92 Å². The Bertz CT molecular complexity index is 479. The molecule has 0 bridgehead atoms. The molecular weight excluding hydrogens is 208 g/mol. The first kappa shape index (κ1) is 10.9. The summed E-state index contributed by atoms with van der Waals surface area (Å²) in [6, 6.07) is 1.53. The Morgan fingerprint density at radius 1 is 1.69 bits per heavy atom. The molecule has 0 saturated heterocycles. The van der Waals surface area contributed by atoms with Crippen LogP contribution in [0, 0.1) is 5.92 Å². The molecule has 1 atom stereocenters. The number of carboxylic acid groups (broad SMARTS) is 1. The van der Waals surface area contributed by atoms with Gasteiger partial charge in [-0.15, -0.1) is 0 Å². The second kappa shape index (κ2) is 4.08. The van der Waals surface area contributed by atoms with Gasteiger partial charge in [-0.1, -0.05) is 6.92 Å². The lowest BCUT2D eigenvalue weighted by atomic mass is 9.97. The van der Waals surface area contributed by atoms with E-state index in [4.69, 9.17) is 5.11 Å². The summed E-state index contributed by atoms with van der Waals surface area (Å²) in [5.74, 6) is -0.593. The summed E-state index contributed by atoms with van der Waals surface area (Å²) in [4.78, 5) is 26.9. The Balaban J connectivity index is 2.40. The molecule has 1 aliphatic heterocycles. The average Bonchev–Trinajstić information content (AvgIpc) is 2.28. The molecule has 0 fully saturated rings. The number of aryl methyl sites for hydroxylation is 1. The normalized spacial score (nSPS) is 19.2. The largest absolute Gasteiger partial charge is 0.481 e. The molecule has 1 N–H and O–H groups in total. The van der Waals surface area contributed by atoms with Gasteiger partial charge in [0.15, 0.2) is 0 Å². The van der Waals surface area contributed by atoms with Crippen molar-refractivity contribution in [1.82, 2.24) is 9.55 Å². The minimum absolute atomic E-state index is 0.0642. The van der Waals surface area contributed by atoms with Crippen LogP contribution in [0.1, 0.15) is 24.9 Å². The van der Waals surface area contributed by atoms with Gasteiger partial charge >= 0.3 is 5.97 Å². The average molecular weight is 222 g/mol. The molecule has 0 amide bonds. The molecule has 1 unspecified atom stereocenters. The zero-order chi connectivity index (χ0) is 11.7. The van der Waals surface area contributed by atoms with E-state index in [1.807, 2.05) is 6.92 Å². The van der Waals surface area contributed by atoms with E-state index in [9.17, 15) is 9.59 Å². The van der Waals surface area contributed by atoms with Gasteiger partial charge in [-0.3, -0.25) is 14.2 Å². The van der Waals surface area contributed by atoms with Crippen molar-refractivity contribution in [3.8, 4) is 0 Å². The number of aliphatic carboxylic acids is 1.